The number of aliphatic hydroxyl groups is 1. The number of nitrogens with zero attached hydrogens (tertiary/aromatic N) is 3. The maximum atomic E-state index is 12.6. The van der Waals surface area contributed by atoms with E-state index in [0.717, 1.165) is 24.4 Å². The summed E-state index contributed by atoms with van der Waals surface area (Å²) in [6, 6.07) is 7.81. The molecule has 1 N–H and O–H groups in total. The third kappa shape index (κ3) is 7.31. The van der Waals surface area contributed by atoms with E-state index in [1.165, 1.54) is 0 Å². The van der Waals surface area contributed by atoms with Crippen LogP contribution in [0, 0.1) is 0 Å². The second-order valence-electron chi connectivity index (χ2n) is 6.32. The van der Waals surface area contributed by atoms with Crippen LogP contribution in [0.15, 0.2) is 36.5 Å². The van der Waals surface area contributed by atoms with Crippen molar-refractivity contribution in [2.75, 3.05) is 26.7 Å². The third-order valence-corrected chi connectivity index (χ3v) is 4.04. The molecule has 1 fully saturated rings. The van der Waals surface area contributed by atoms with Gasteiger partial charge in [0.1, 0.15) is 24.0 Å². The summed E-state index contributed by atoms with van der Waals surface area (Å²) >= 11 is 0. The summed E-state index contributed by atoms with van der Waals surface area (Å²) in [5, 5.41) is 15.6. The van der Waals surface area contributed by atoms with Gasteiger partial charge in [0, 0.05) is 13.1 Å². The van der Waals surface area contributed by atoms with Crippen LogP contribution in [0.3, 0.4) is 0 Å². The van der Waals surface area contributed by atoms with E-state index in [0.29, 0.717) is 25.0 Å². The van der Waals surface area contributed by atoms with E-state index in [1.54, 1.807) is 24.3 Å². The molecule has 1 unspecified atom stereocenters. The molecule has 1 aromatic heterocycles. The van der Waals surface area contributed by atoms with Crippen molar-refractivity contribution in [3.8, 4) is 11.6 Å². The van der Waals surface area contributed by atoms with E-state index >= 15 is 0 Å². The average molecular weight is 413 g/mol. The van der Waals surface area contributed by atoms with Crippen molar-refractivity contribution in [2.45, 2.75) is 25.3 Å². The van der Waals surface area contributed by atoms with Crippen molar-refractivity contribution in [1.82, 2.24) is 15.1 Å². The molecule has 1 atom stereocenters. The van der Waals surface area contributed by atoms with Gasteiger partial charge in [-0.1, -0.05) is 12.1 Å². The number of aldehydes is 1. The maximum absolute atomic E-state index is 12.6. The molecular formula is C19H22F3N3O4. The van der Waals surface area contributed by atoms with Gasteiger partial charge in [0.15, 0.2) is 6.29 Å². The Kier molecular flexibility index (Phi) is 8.34. The summed E-state index contributed by atoms with van der Waals surface area (Å²) in [6.07, 6.45) is -2.31. The zero-order chi connectivity index (χ0) is 21.3. The highest BCUT2D eigenvalue weighted by molar-refractivity contribution is 5.51. The molecule has 0 saturated carbocycles. The predicted octanol–water partition coefficient (Wildman–Crippen LogP) is 2.33. The zero-order valence-corrected chi connectivity index (χ0v) is 15.8. The van der Waals surface area contributed by atoms with E-state index in [4.69, 9.17) is 14.6 Å². The highest BCUT2D eigenvalue weighted by Gasteiger charge is 2.36. The Morgan fingerprint density at radius 3 is 2.55 bits per heavy atom. The topological polar surface area (TPSA) is 84.8 Å². The number of hydrogen-bond donors (Lipinski definition) is 1. The highest BCUT2D eigenvalue weighted by Crippen LogP contribution is 2.35. The molecule has 10 heteroatoms. The Labute approximate surface area is 166 Å². The molecule has 1 aliphatic heterocycles. The van der Waals surface area contributed by atoms with Crippen LogP contribution >= 0.6 is 0 Å². The van der Waals surface area contributed by atoms with Gasteiger partial charge in [0.05, 0.1) is 12.8 Å². The van der Waals surface area contributed by atoms with Crippen molar-refractivity contribution < 1.29 is 32.5 Å². The number of benzene rings is 1. The summed E-state index contributed by atoms with van der Waals surface area (Å²) in [4.78, 5) is 11.9. The summed E-state index contributed by atoms with van der Waals surface area (Å²) < 4.78 is 48.2. The second-order valence-corrected chi connectivity index (χ2v) is 6.32. The minimum Gasteiger partial charge on any atom is -0.486 e. The highest BCUT2D eigenvalue weighted by atomic mass is 19.4. The average Bonchev–Trinajstić information content (AvgIpc) is 3.11. The van der Waals surface area contributed by atoms with Crippen molar-refractivity contribution in [2.24, 2.45) is 0 Å². The SMILES string of the molecule is CN1CCC(Oc2nnccc2C(F)(F)F)C1.O=CCOc1ccc(CO)cc1. The number of likely N-dealkylation sites (N-methyl/N-ethyl adjacent to an activating group) is 1. The molecular weight excluding hydrogens is 391 g/mol. The molecule has 3 rings (SSSR count). The minimum atomic E-state index is -4.46. The Morgan fingerprint density at radius 2 is 2.00 bits per heavy atom. The number of alkyl halides is 3. The fourth-order valence-corrected chi connectivity index (χ4v) is 2.59. The van der Waals surface area contributed by atoms with Crippen molar-refractivity contribution in [3.05, 3.63) is 47.7 Å². The smallest absolute Gasteiger partial charge is 0.421 e. The lowest BCUT2D eigenvalue weighted by Crippen LogP contribution is -2.23. The number of ether oxygens (including phenoxy) is 2. The van der Waals surface area contributed by atoms with Crippen molar-refractivity contribution in [3.63, 3.8) is 0 Å². The number of aliphatic hydroxyl groups excluding tert-OH is 1. The summed E-state index contributed by atoms with van der Waals surface area (Å²) in [7, 11) is 1.89. The monoisotopic (exact) mass is 413 g/mol. The predicted molar refractivity (Wildman–Crippen MR) is 97.5 cm³/mol. The second kappa shape index (κ2) is 10.7. The first-order valence-corrected chi connectivity index (χ1v) is 8.83. The maximum Gasteiger partial charge on any atom is 0.421 e. The lowest BCUT2D eigenvalue weighted by Gasteiger charge is -2.16. The van der Waals surface area contributed by atoms with Crippen LogP contribution in [-0.2, 0) is 17.6 Å². The van der Waals surface area contributed by atoms with Crippen LogP contribution in [0.1, 0.15) is 17.5 Å². The van der Waals surface area contributed by atoms with Gasteiger partial charge in [0.2, 0.25) is 5.88 Å². The van der Waals surface area contributed by atoms with E-state index in [-0.39, 0.29) is 19.3 Å². The van der Waals surface area contributed by atoms with E-state index in [9.17, 15) is 18.0 Å². The van der Waals surface area contributed by atoms with Gasteiger partial charge in [-0.15, -0.1) is 5.10 Å². The van der Waals surface area contributed by atoms with Gasteiger partial charge >= 0.3 is 6.18 Å². The van der Waals surface area contributed by atoms with Crippen LogP contribution in [-0.4, -0.2) is 59.3 Å². The molecule has 0 amide bonds. The summed E-state index contributed by atoms with van der Waals surface area (Å²) in [5.74, 6) is 0.208. The van der Waals surface area contributed by atoms with E-state index < -0.39 is 17.6 Å². The fourth-order valence-electron chi connectivity index (χ4n) is 2.59. The Balaban J connectivity index is 0.000000221. The van der Waals surface area contributed by atoms with Crippen LogP contribution in [0.5, 0.6) is 11.6 Å². The molecule has 2 heterocycles. The Hall–Kier alpha value is -2.72. The molecule has 0 bridgehead atoms. The first kappa shape index (κ1) is 22.6. The third-order valence-electron chi connectivity index (χ3n) is 4.04. The van der Waals surface area contributed by atoms with E-state index in [2.05, 4.69) is 10.2 Å². The quantitative estimate of drug-likeness (QED) is 0.728. The number of hydrogen-bond acceptors (Lipinski definition) is 7. The minimum absolute atomic E-state index is 0.0218. The molecule has 1 aliphatic rings. The summed E-state index contributed by atoms with van der Waals surface area (Å²) in [5.41, 5.74) is -0.0458. The van der Waals surface area contributed by atoms with Crippen LogP contribution < -0.4 is 9.47 Å². The fraction of sp³-hybridized carbons (Fsp3) is 0.421. The lowest BCUT2D eigenvalue weighted by molar-refractivity contribution is -0.139. The van der Waals surface area contributed by atoms with Crippen LogP contribution in [0.4, 0.5) is 13.2 Å². The van der Waals surface area contributed by atoms with Crippen molar-refractivity contribution >= 4 is 6.29 Å². The van der Waals surface area contributed by atoms with Gasteiger partial charge in [0.25, 0.3) is 0 Å². The molecule has 29 heavy (non-hydrogen) atoms. The van der Waals surface area contributed by atoms with Crippen LogP contribution in [0.2, 0.25) is 0 Å². The largest absolute Gasteiger partial charge is 0.486 e. The number of aromatic nitrogens is 2. The van der Waals surface area contributed by atoms with Gasteiger partial charge in [-0.05, 0) is 37.2 Å². The molecule has 0 spiro atoms. The van der Waals surface area contributed by atoms with Crippen molar-refractivity contribution in [1.29, 1.82) is 0 Å². The molecule has 1 saturated heterocycles. The Morgan fingerprint density at radius 1 is 1.28 bits per heavy atom. The summed E-state index contributed by atoms with van der Waals surface area (Å²) in [6.45, 7) is 1.51. The molecule has 158 valence electrons. The number of carbonyl (C=O) groups excluding carboxylic acids is 1. The Bertz CT molecular complexity index is 772. The molecule has 0 radical (unpaired) electrons. The molecule has 0 aliphatic carbocycles. The van der Waals surface area contributed by atoms with Gasteiger partial charge in [-0.3, -0.25) is 4.79 Å². The molecule has 1 aromatic carbocycles. The first-order valence-electron chi connectivity index (χ1n) is 8.83. The van der Waals surface area contributed by atoms with Gasteiger partial charge in [-0.2, -0.15) is 18.3 Å². The van der Waals surface area contributed by atoms with Gasteiger partial charge in [-0.25, -0.2) is 0 Å². The number of halogens is 3. The number of likely N-dealkylation sites (tertiary alicyclic amines) is 1. The normalized spacial score (nSPS) is 16.7. The lowest BCUT2D eigenvalue weighted by atomic mass is 10.2. The zero-order valence-electron chi connectivity index (χ0n) is 15.8. The molecule has 2 aromatic rings. The van der Waals surface area contributed by atoms with E-state index in [1.807, 2.05) is 11.9 Å². The van der Waals surface area contributed by atoms with Gasteiger partial charge < -0.3 is 19.5 Å². The van der Waals surface area contributed by atoms with Crippen LogP contribution in [0.25, 0.3) is 0 Å². The number of rotatable bonds is 6. The standard InChI is InChI=1S/C10H12F3N3O.C9H10O3/c1-16-5-3-7(6-16)17-9-8(10(11,12)13)2-4-14-15-9;10-5-6-12-9-3-1-8(7-11)2-4-9/h2,4,7H,3,5-6H2,1H3;1-5,11H,6-7H2. The molecule has 7 nitrogen and oxygen atoms in total. The first-order chi connectivity index (χ1) is 13.8. The number of carbonyl (C=O) groups is 1.